The van der Waals surface area contributed by atoms with Gasteiger partial charge in [-0.25, -0.2) is 0 Å². The molecule has 0 radical (unpaired) electrons. The Morgan fingerprint density at radius 1 is 0.897 bits per heavy atom. The van der Waals surface area contributed by atoms with Crippen LogP contribution in [0.3, 0.4) is 0 Å². The van der Waals surface area contributed by atoms with Crippen LogP contribution < -0.4 is 9.64 Å². The zero-order valence-corrected chi connectivity index (χ0v) is 23.5. The van der Waals surface area contributed by atoms with Crippen molar-refractivity contribution in [2.75, 3.05) is 4.90 Å². The summed E-state index contributed by atoms with van der Waals surface area (Å²) in [5.74, 6) is -0.783. The van der Waals surface area contributed by atoms with E-state index in [9.17, 15) is 14.7 Å². The highest BCUT2D eigenvalue weighted by Crippen LogP contribution is 2.43. The number of benzene rings is 3. The van der Waals surface area contributed by atoms with E-state index in [4.69, 9.17) is 4.74 Å². The molecule has 2 aliphatic rings. The number of ether oxygens (including phenoxy) is 1. The van der Waals surface area contributed by atoms with Crippen LogP contribution >= 0.6 is 0 Å². The first-order valence-corrected chi connectivity index (χ1v) is 13.8. The summed E-state index contributed by atoms with van der Waals surface area (Å²) >= 11 is 0. The Labute approximate surface area is 231 Å². The van der Waals surface area contributed by atoms with Gasteiger partial charge in [-0.2, -0.15) is 0 Å². The first-order valence-electron chi connectivity index (χ1n) is 13.8. The molecule has 1 saturated heterocycles. The van der Waals surface area contributed by atoms with Crippen LogP contribution in [0.4, 0.5) is 5.69 Å². The van der Waals surface area contributed by atoms with Gasteiger partial charge in [-0.05, 0) is 97.5 Å². The molecule has 1 amide bonds. The van der Waals surface area contributed by atoms with Crippen LogP contribution in [0.5, 0.6) is 5.75 Å². The Hall–Kier alpha value is -3.86. The number of carbonyl (C=O) groups is 2. The number of aliphatic hydroxyl groups excluding tert-OH is 1. The third-order valence-corrected chi connectivity index (χ3v) is 7.65. The van der Waals surface area contributed by atoms with Crippen LogP contribution in [0, 0.1) is 0 Å². The van der Waals surface area contributed by atoms with E-state index in [1.165, 1.54) is 16.0 Å². The van der Waals surface area contributed by atoms with Gasteiger partial charge in [0.2, 0.25) is 0 Å². The summed E-state index contributed by atoms with van der Waals surface area (Å²) in [5, 5.41) is 11.6. The van der Waals surface area contributed by atoms with Gasteiger partial charge >= 0.3 is 0 Å². The summed E-state index contributed by atoms with van der Waals surface area (Å²) in [7, 11) is 0. The highest BCUT2D eigenvalue weighted by molar-refractivity contribution is 6.51. The lowest BCUT2D eigenvalue weighted by molar-refractivity contribution is -0.132. The number of rotatable bonds is 5. The molecule has 1 heterocycles. The van der Waals surface area contributed by atoms with E-state index in [2.05, 4.69) is 20.8 Å². The molecule has 1 aliphatic carbocycles. The van der Waals surface area contributed by atoms with Gasteiger partial charge in [0.15, 0.2) is 0 Å². The molecule has 3 aromatic carbocycles. The number of amides is 1. The molecule has 39 heavy (non-hydrogen) atoms. The molecule has 0 aromatic heterocycles. The van der Waals surface area contributed by atoms with E-state index in [1.807, 2.05) is 56.3 Å². The molecule has 1 atom stereocenters. The van der Waals surface area contributed by atoms with E-state index in [0.717, 1.165) is 36.8 Å². The second-order valence-electron chi connectivity index (χ2n) is 11.9. The molecular weight excluding hydrogens is 486 g/mol. The third kappa shape index (κ3) is 5.23. The molecule has 1 unspecified atom stereocenters. The smallest absolute Gasteiger partial charge is 0.300 e. The van der Waals surface area contributed by atoms with Crippen molar-refractivity contribution in [2.24, 2.45) is 0 Å². The number of anilines is 1. The number of fused-ring (bicyclic) bond motifs is 1. The van der Waals surface area contributed by atoms with E-state index < -0.39 is 17.7 Å². The Bertz CT molecular complexity index is 1430. The molecule has 1 fully saturated rings. The molecule has 5 nitrogen and oxygen atoms in total. The van der Waals surface area contributed by atoms with Crippen LogP contribution in [0.2, 0.25) is 0 Å². The van der Waals surface area contributed by atoms with Crippen LogP contribution in [0.15, 0.2) is 72.3 Å². The standard InChI is InChI=1S/C34H37NO4/c1-21(2)39-28-18-16-27(17-19-28)35-30(23-12-14-26(15-13-23)34(3,4)5)29(32(37)33(35)38)31(36)25-11-10-22-8-6-7-9-24(22)20-25/h10-21,30,36H,6-9H2,1-5H3/b31-29-. The fraction of sp³-hybridized carbons (Fsp3) is 0.353. The van der Waals surface area contributed by atoms with Gasteiger partial charge in [0.05, 0.1) is 17.7 Å². The zero-order chi connectivity index (χ0) is 27.9. The third-order valence-electron chi connectivity index (χ3n) is 7.65. The summed E-state index contributed by atoms with van der Waals surface area (Å²) < 4.78 is 5.78. The first kappa shape index (κ1) is 26.7. The lowest BCUT2D eigenvalue weighted by Gasteiger charge is -2.27. The van der Waals surface area contributed by atoms with Crippen molar-refractivity contribution in [2.45, 2.75) is 77.9 Å². The quantitative estimate of drug-likeness (QED) is 0.217. The van der Waals surface area contributed by atoms with E-state index in [0.29, 0.717) is 17.0 Å². The van der Waals surface area contributed by atoms with Crippen molar-refractivity contribution in [1.29, 1.82) is 0 Å². The summed E-state index contributed by atoms with van der Waals surface area (Å²) in [5.41, 5.74) is 5.62. The minimum absolute atomic E-state index is 0.0167. The minimum atomic E-state index is -0.757. The second kappa shape index (κ2) is 10.4. The van der Waals surface area contributed by atoms with Crippen LogP contribution in [-0.4, -0.2) is 22.9 Å². The topological polar surface area (TPSA) is 66.8 Å². The van der Waals surface area contributed by atoms with E-state index in [-0.39, 0.29) is 22.9 Å². The van der Waals surface area contributed by atoms with Gasteiger partial charge in [0, 0.05) is 11.3 Å². The molecule has 3 aromatic rings. The molecule has 5 rings (SSSR count). The number of nitrogens with zero attached hydrogens (tertiary/aromatic N) is 1. The number of hydrogen-bond donors (Lipinski definition) is 1. The maximum atomic E-state index is 13.6. The largest absolute Gasteiger partial charge is 0.507 e. The fourth-order valence-electron chi connectivity index (χ4n) is 5.57. The Kier molecular flexibility index (Phi) is 7.11. The van der Waals surface area contributed by atoms with Gasteiger partial charge in [-0.3, -0.25) is 14.5 Å². The maximum Gasteiger partial charge on any atom is 0.300 e. The molecule has 0 saturated carbocycles. The highest BCUT2D eigenvalue weighted by atomic mass is 16.5. The Balaban J connectivity index is 1.64. The molecule has 1 N–H and O–H groups in total. The summed E-state index contributed by atoms with van der Waals surface area (Å²) in [6.45, 7) is 10.3. The Morgan fingerprint density at radius 3 is 2.15 bits per heavy atom. The number of carbonyl (C=O) groups excluding carboxylic acids is 2. The van der Waals surface area contributed by atoms with Crippen molar-refractivity contribution < 1.29 is 19.4 Å². The molecule has 0 bridgehead atoms. The first-order chi connectivity index (χ1) is 18.5. The highest BCUT2D eigenvalue weighted by Gasteiger charge is 2.47. The number of hydrogen-bond acceptors (Lipinski definition) is 4. The summed E-state index contributed by atoms with van der Waals surface area (Å²) in [6.07, 6.45) is 4.26. The van der Waals surface area contributed by atoms with Gasteiger partial charge in [-0.1, -0.05) is 57.2 Å². The van der Waals surface area contributed by atoms with Gasteiger partial charge < -0.3 is 9.84 Å². The molecular formula is C34H37NO4. The zero-order valence-electron chi connectivity index (χ0n) is 23.5. The van der Waals surface area contributed by atoms with Gasteiger partial charge in [0.25, 0.3) is 11.7 Å². The predicted octanol–water partition coefficient (Wildman–Crippen LogP) is 7.28. The van der Waals surface area contributed by atoms with Crippen molar-refractivity contribution in [3.05, 3.63) is 100 Å². The average molecular weight is 524 g/mol. The molecule has 1 aliphatic heterocycles. The molecule has 5 heteroatoms. The average Bonchev–Trinajstić information content (AvgIpc) is 3.18. The van der Waals surface area contributed by atoms with E-state index >= 15 is 0 Å². The summed E-state index contributed by atoms with van der Waals surface area (Å²) in [4.78, 5) is 28.6. The predicted molar refractivity (Wildman–Crippen MR) is 155 cm³/mol. The Morgan fingerprint density at radius 2 is 1.54 bits per heavy atom. The van der Waals surface area contributed by atoms with Crippen LogP contribution in [0.1, 0.15) is 81.3 Å². The number of ketones is 1. The number of aliphatic hydroxyl groups is 1. The normalized spacial score (nSPS) is 18.9. The molecule has 202 valence electrons. The number of aryl methyl sites for hydroxylation is 2. The molecule has 0 spiro atoms. The fourth-order valence-corrected chi connectivity index (χ4v) is 5.57. The second-order valence-corrected chi connectivity index (χ2v) is 11.9. The van der Waals surface area contributed by atoms with Crippen molar-refractivity contribution in [1.82, 2.24) is 0 Å². The SMILES string of the molecule is CC(C)Oc1ccc(N2C(=O)C(=O)/C(=C(\O)c3ccc4c(c3)CCCC4)C2c2ccc(C(C)(C)C)cc2)cc1. The van der Waals surface area contributed by atoms with Crippen molar-refractivity contribution in [3.63, 3.8) is 0 Å². The lowest BCUT2D eigenvalue weighted by atomic mass is 9.85. The summed E-state index contributed by atoms with van der Waals surface area (Å²) in [6, 6.07) is 20.3. The van der Waals surface area contributed by atoms with Crippen LogP contribution in [0.25, 0.3) is 5.76 Å². The van der Waals surface area contributed by atoms with E-state index in [1.54, 1.807) is 24.3 Å². The van der Waals surface area contributed by atoms with Gasteiger partial charge in [-0.15, -0.1) is 0 Å². The monoisotopic (exact) mass is 523 g/mol. The van der Waals surface area contributed by atoms with Crippen molar-refractivity contribution >= 4 is 23.1 Å². The maximum absolute atomic E-state index is 13.6. The van der Waals surface area contributed by atoms with Crippen molar-refractivity contribution in [3.8, 4) is 5.75 Å². The van der Waals surface area contributed by atoms with Gasteiger partial charge in [0.1, 0.15) is 11.5 Å². The lowest BCUT2D eigenvalue weighted by Crippen LogP contribution is -2.29. The van der Waals surface area contributed by atoms with Crippen LogP contribution in [-0.2, 0) is 27.8 Å². The minimum Gasteiger partial charge on any atom is -0.507 e. The number of Topliss-reactive ketones (excluding diaryl/α,β-unsaturated/α-hetero) is 1.